The third kappa shape index (κ3) is 5.41. The smallest absolute Gasteiger partial charge is 0.367 e. The van der Waals surface area contributed by atoms with Crippen LogP contribution in [-0.2, 0) is 14.2 Å². The summed E-state index contributed by atoms with van der Waals surface area (Å²) < 4.78 is 14.8. The van der Waals surface area contributed by atoms with E-state index in [0.717, 1.165) is 11.3 Å². The number of methoxy groups -OCH3 is 2. The van der Waals surface area contributed by atoms with Crippen molar-refractivity contribution in [3.8, 4) is 0 Å². The number of hydrogen-bond acceptors (Lipinski definition) is 7. The molecule has 0 spiro atoms. The van der Waals surface area contributed by atoms with Crippen LogP contribution in [0.3, 0.4) is 0 Å². The molecule has 1 aromatic heterocycles. The molecule has 0 fully saturated rings. The van der Waals surface area contributed by atoms with Crippen molar-refractivity contribution in [3.63, 3.8) is 0 Å². The van der Waals surface area contributed by atoms with E-state index in [1.54, 1.807) is 31.4 Å². The van der Waals surface area contributed by atoms with E-state index in [0.29, 0.717) is 26.3 Å². The van der Waals surface area contributed by atoms with E-state index >= 15 is 0 Å². The Morgan fingerprint density at radius 3 is 2.38 bits per heavy atom. The fraction of sp³-hybridized carbons (Fsp3) is 0.615. The van der Waals surface area contributed by atoms with Gasteiger partial charge in [0.15, 0.2) is 0 Å². The highest BCUT2D eigenvalue weighted by Crippen LogP contribution is 2.13. The molecule has 0 bridgehead atoms. The Labute approximate surface area is 127 Å². The molecule has 7 nitrogen and oxygen atoms in total. The van der Waals surface area contributed by atoms with E-state index in [1.165, 1.54) is 0 Å². The molecule has 0 saturated heterocycles. The zero-order valence-electron chi connectivity index (χ0n) is 12.5. The second kappa shape index (κ2) is 9.43. The number of thiazole rings is 1. The summed E-state index contributed by atoms with van der Waals surface area (Å²) in [5.41, 5.74) is 0.232. The van der Waals surface area contributed by atoms with Crippen molar-refractivity contribution in [2.75, 3.05) is 47.1 Å². The normalized spacial score (nSPS) is 10.4. The fourth-order valence-corrected chi connectivity index (χ4v) is 2.22. The van der Waals surface area contributed by atoms with Crippen LogP contribution < -0.4 is 0 Å². The molecule has 0 aliphatic heterocycles. The van der Waals surface area contributed by atoms with Crippen LogP contribution in [0.2, 0.25) is 0 Å². The van der Waals surface area contributed by atoms with Crippen molar-refractivity contribution in [2.45, 2.75) is 6.92 Å². The van der Waals surface area contributed by atoms with E-state index in [1.807, 2.05) is 0 Å². The first-order valence-electron chi connectivity index (χ1n) is 6.53. The predicted octanol–water partition coefficient (Wildman–Crippen LogP) is 1.05. The molecule has 0 aliphatic carbocycles. The molecular weight excluding hydrogens is 296 g/mol. The quantitative estimate of drug-likeness (QED) is 0.634. The molecule has 21 heavy (non-hydrogen) atoms. The van der Waals surface area contributed by atoms with Gasteiger partial charge in [0.05, 0.1) is 19.8 Å². The van der Waals surface area contributed by atoms with Crippen LogP contribution in [0.15, 0.2) is 5.38 Å². The van der Waals surface area contributed by atoms with Gasteiger partial charge in [-0.05, 0) is 6.92 Å². The Morgan fingerprint density at radius 1 is 1.24 bits per heavy atom. The Balaban J connectivity index is 2.75. The van der Waals surface area contributed by atoms with Gasteiger partial charge >= 0.3 is 5.97 Å². The summed E-state index contributed by atoms with van der Waals surface area (Å²) >= 11 is 1.10. The standard InChI is InChI=1S/C13H20N2O5S/c1-4-20-13(17)11-14-10(9-21-11)12(16)15(5-7-18-2)6-8-19-3/h9H,4-8H2,1-3H3. The van der Waals surface area contributed by atoms with E-state index in [4.69, 9.17) is 14.2 Å². The van der Waals surface area contributed by atoms with Crippen LogP contribution in [0, 0.1) is 0 Å². The number of hydrogen-bond donors (Lipinski definition) is 0. The average Bonchev–Trinajstić information content (AvgIpc) is 2.97. The minimum absolute atomic E-state index is 0.179. The van der Waals surface area contributed by atoms with E-state index in [2.05, 4.69) is 4.98 Å². The van der Waals surface area contributed by atoms with Gasteiger partial charge in [0, 0.05) is 32.7 Å². The molecule has 1 aromatic rings. The lowest BCUT2D eigenvalue weighted by molar-refractivity contribution is 0.0525. The number of ether oxygens (including phenoxy) is 3. The van der Waals surface area contributed by atoms with E-state index in [-0.39, 0.29) is 23.2 Å². The average molecular weight is 316 g/mol. The maximum atomic E-state index is 12.4. The Morgan fingerprint density at radius 2 is 1.86 bits per heavy atom. The lowest BCUT2D eigenvalue weighted by atomic mass is 10.3. The van der Waals surface area contributed by atoms with Crippen LogP contribution in [0.4, 0.5) is 0 Å². The van der Waals surface area contributed by atoms with Gasteiger partial charge < -0.3 is 19.1 Å². The Hall–Kier alpha value is -1.51. The molecule has 118 valence electrons. The molecule has 0 atom stereocenters. The Kier molecular flexibility index (Phi) is 7.88. The zero-order chi connectivity index (χ0) is 15.7. The van der Waals surface area contributed by atoms with Gasteiger partial charge in [-0.3, -0.25) is 4.79 Å². The van der Waals surface area contributed by atoms with Crippen LogP contribution in [0.1, 0.15) is 27.2 Å². The molecule has 1 heterocycles. The van der Waals surface area contributed by atoms with Gasteiger partial charge in [-0.2, -0.15) is 0 Å². The maximum absolute atomic E-state index is 12.4. The van der Waals surface area contributed by atoms with Gasteiger partial charge in [0.25, 0.3) is 5.91 Å². The van der Waals surface area contributed by atoms with Crippen molar-refractivity contribution >= 4 is 23.2 Å². The monoisotopic (exact) mass is 316 g/mol. The molecule has 0 N–H and O–H groups in total. The van der Waals surface area contributed by atoms with Crippen LogP contribution >= 0.6 is 11.3 Å². The summed E-state index contributed by atoms with van der Waals surface area (Å²) in [6.45, 7) is 3.70. The molecule has 0 radical (unpaired) electrons. The largest absolute Gasteiger partial charge is 0.461 e. The first-order valence-corrected chi connectivity index (χ1v) is 7.41. The summed E-state index contributed by atoms with van der Waals surface area (Å²) in [5, 5.41) is 1.74. The van der Waals surface area contributed by atoms with E-state index in [9.17, 15) is 9.59 Å². The number of rotatable bonds is 9. The van der Waals surface area contributed by atoms with Gasteiger partial charge in [-0.15, -0.1) is 11.3 Å². The number of nitrogens with zero attached hydrogens (tertiary/aromatic N) is 2. The number of carbonyl (C=O) groups excluding carboxylic acids is 2. The highest BCUT2D eigenvalue weighted by atomic mass is 32.1. The second-order valence-corrected chi connectivity index (χ2v) is 4.89. The lowest BCUT2D eigenvalue weighted by Gasteiger charge is -2.20. The molecule has 0 saturated carbocycles. The van der Waals surface area contributed by atoms with Crippen molar-refractivity contribution in [1.82, 2.24) is 9.88 Å². The van der Waals surface area contributed by atoms with E-state index < -0.39 is 5.97 Å². The predicted molar refractivity (Wildman–Crippen MR) is 77.7 cm³/mol. The first-order chi connectivity index (χ1) is 10.1. The molecule has 1 rings (SSSR count). The summed E-state index contributed by atoms with van der Waals surface area (Å²) in [6, 6.07) is 0. The molecule has 0 aromatic carbocycles. The van der Waals surface area contributed by atoms with Crippen molar-refractivity contribution < 1.29 is 23.8 Å². The van der Waals surface area contributed by atoms with Crippen LogP contribution in [-0.4, -0.2) is 68.9 Å². The summed E-state index contributed by atoms with van der Waals surface area (Å²) in [5.74, 6) is -0.766. The number of carbonyl (C=O) groups is 2. The third-order valence-electron chi connectivity index (χ3n) is 2.59. The molecule has 1 amide bonds. The lowest BCUT2D eigenvalue weighted by Crippen LogP contribution is -2.36. The van der Waals surface area contributed by atoms with Crippen LogP contribution in [0.5, 0.6) is 0 Å². The van der Waals surface area contributed by atoms with Gasteiger partial charge in [-0.25, -0.2) is 9.78 Å². The topological polar surface area (TPSA) is 78.0 Å². The summed E-state index contributed by atoms with van der Waals surface area (Å²) in [6.07, 6.45) is 0. The highest BCUT2D eigenvalue weighted by molar-refractivity contribution is 7.11. The number of esters is 1. The highest BCUT2D eigenvalue weighted by Gasteiger charge is 2.21. The van der Waals surface area contributed by atoms with Crippen molar-refractivity contribution in [1.29, 1.82) is 0 Å². The molecule has 0 aliphatic rings. The number of amides is 1. The van der Waals surface area contributed by atoms with Crippen LogP contribution in [0.25, 0.3) is 0 Å². The van der Waals surface area contributed by atoms with Crippen molar-refractivity contribution in [3.05, 3.63) is 16.1 Å². The van der Waals surface area contributed by atoms with Gasteiger partial charge in [-0.1, -0.05) is 0 Å². The fourth-order valence-electron chi connectivity index (χ4n) is 1.54. The SMILES string of the molecule is CCOC(=O)c1nc(C(=O)N(CCOC)CCOC)cs1. The Bertz CT molecular complexity index is 455. The summed E-state index contributed by atoms with van der Waals surface area (Å²) in [4.78, 5) is 29.5. The van der Waals surface area contributed by atoms with Gasteiger partial charge in [0.2, 0.25) is 5.01 Å². The second-order valence-electron chi connectivity index (χ2n) is 4.04. The molecule has 8 heteroatoms. The molecular formula is C13H20N2O5S. The number of aromatic nitrogens is 1. The third-order valence-corrected chi connectivity index (χ3v) is 3.41. The summed E-state index contributed by atoms with van der Waals surface area (Å²) in [7, 11) is 3.14. The maximum Gasteiger partial charge on any atom is 0.367 e. The zero-order valence-corrected chi connectivity index (χ0v) is 13.3. The first kappa shape index (κ1) is 17.5. The minimum Gasteiger partial charge on any atom is -0.461 e. The van der Waals surface area contributed by atoms with Crippen molar-refractivity contribution in [2.24, 2.45) is 0 Å². The minimum atomic E-state index is -0.512. The molecule has 0 unspecified atom stereocenters. The van der Waals surface area contributed by atoms with Gasteiger partial charge in [0.1, 0.15) is 5.69 Å².